The molecule has 0 radical (unpaired) electrons. The van der Waals surface area contributed by atoms with Crippen LogP contribution in [0.25, 0.3) is 0 Å². The lowest BCUT2D eigenvalue weighted by Gasteiger charge is -2.35. The number of tetrazole rings is 1. The molecule has 3 aromatic rings. The van der Waals surface area contributed by atoms with Crippen LogP contribution < -0.4 is 14.4 Å². The van der Waals surface area contributed by atoms with E-state index in [2.05, 4.69) is 25.3 Å². The number of halogens is 1. The summed E-state index contributed by atoms with van der Waals surface area (Å²) < 4.78 is 26.6. The van der Waals surface area contributed by atoms with Crippen molar-refractivity contribution in [2.24, 2.45) is 0 Å². The van der Waals surface area contributed by atoms with E-state index in [0.717, 1.165) is 49.1 Å². The minimum atomic E-state index is -0.173. The van der Waals surface area contributed by atoms with Gasteiger partial charge in [-0.1, -0.05) is 18.2 Å². The SMILES string of the molecule is Fc1ccccc1N1CCN(Cc2nnnn2Cc2ccc3c(c2)OCO3)CC1. The molecule has 150 valence electrons. The molecule has 1 saturated heterocycles. The summed E-state index contributed by atoms with van der Waals surface area (Å²) >= 11 is 0. The first kappa shape index (κ1) is 17.9. The number of para-hydroxylation sites is 1. The third kappa shape index (κ3) is 3.73. The first-order chi connectivity index (χ1) is 14.3. The summed E-state index contributed by atoms with van der Waals surface area (Å²) in [6, 6.07) is 12.8. The van der Waals surface area contributed by atoms with Gasteiger partial charge < -0.3 is 14.4 Å². The van der Waals surface area contributed by atoms with Crippen LogP contribution in [0.1, 0.15) is 11.4 Å². The largest absolute Gasteiger partial charge is 0.454 e. The fourth-order valence-corrected chi connectivity index (χ4v) is 3.73. The molecule has 0 saturated carbocycles. The molecule has 0 N–H and O–H groups in total. The van der Waals surface area contributed by atoms with Gasteiger partial charge in [-0.3, -0.25) is 4.90 Å². The molecule has 8 nitrogen and oxygen atoms in total. The van der Waals surface area contributed by atoms with Gasteiger partial charge in [0.2, 0.25) is 6.79 Å². The maximum atomic E-state index is 14.0. The zero-order valence-corrected chi connectivity index (χ0v) is 15.9. The number of aromatic nitrogens is 4. The molecule has 1 aromatic heterocycles. The van der Waals surface area contributed by atoms with Gasteiger partial charge in [0.15, 0.2) is 17.3 Å². The lowest BCUT2D eigenvalue weighted by atomic mass is 10.2. The Kier molecular flexibility index (Phi) is 4.73. The lowest BCUT2D eigenvalue weighted by Crippen LogP contribution is -2.46. The van der Waals surface area contributed by atoms with Crippen LogP contribution in [0, 0.1) is 5.82 Å². The Balaban J connectivity index is 1.22. The fraction of sp³-hybridized carbons (Fsp3) is 0.350. The summed E-state index contributed by atoms with van der Waals surface area (Å²) in [4.78, 5) is 4.38. The first-order valence-electron chi connectivity index (χ1n) is 9.62. The Labute approximate surface area is 167 Å². The molecule has 9 heteroatoms. The number of hydrogen-bond acceptors (Lipinski definition) is 7. The fourth-order valence-electron chi connectivity index (χ4n) is 3.73. The first-order valence-corrected chi connectivity index (χ1v) is 9.62. The van der Waals surface area contributed by atoms with Crippen LogP contribution in [-0.2, 0) is 13.1 Å². The molecule has 0 aliphatic carbocycles. The Morgan fingerprint density at radius 1 is 0.931 bits per heavy atom. The van der Waals surface area contributed by atoms with Gasteiger partial charge in [0, 0.05) is 26.2 Å². The molecule has 2 aliphatic rings. The van der Waals surface area contributed by atoms with E-state index < -0.39 is 0 Å². The lowest BCUT2D eigenvalue weighted by molar-refractivity contribution is 0.174. The molecule has 3 heterocycles. The van der Waals surface area contributed by atoms with Gasteiger partial charge in [0.25, 0.3) is 0 Å². The summed E-state index contributed by atoms with van der Waals surface area (Å²) in [5.74, 6) is 2.15. The molecule has 2 aromatic carbocycles. The second kappa shape index (κ2) is 7.67. The van der Waals surface area contributed by atoms with Gasteiger partial charge in [0.05, 0.1) is 18.8 Å². The predicted octanol–water partition coefficient (Wildman–Crippen LogP) is 1.91. The highest BCUT2D eigenvalue weighted by molar-refractivity contribution is 5.48. The highest BCUT2D eigenvalue weighted by atomic mass is 19.1. The van der Waals surface area contributed by atoms with Gasteiger partial charge >= 0.3 is 0 Å². The highest BCUT2D eigenvalue weighted by Crippen LogP contribution is 2.32. The van der Waals surface area contributed by atoms with Gasteiger partial charge in [-0.2, -0.15) is 0 Å². The number of hydrogen-bond donors (Lipinski definition) is 0. The number of piperazine rings is 1. The van der Waals surface area contributed by atoms with Crippen LogP contribution in [0.2, 0.25) is 0 Å². The molecule has 2 aliphatic heterocycles. The molecule has 0 unspecified atom stereocenters. The van der Waals surface area contributed by atoms with Crippen molar-refractivity contribution < 1.29 is 13.9 Å². The molecule has 29 heavy (non-hydrogen) atoms. The molecule has 0 spiro atoms. The third-order valence-corrected chi connectivity index (χ3v) is 5.31. The Bertz CT molecular complexity index is 1000. The normalized spacial score (nSPS) is 16.4. The summed E-state index contributed by atoms with van der Waals surface area (Å²) in [5.41, 5.74) is 1.71. The molecule has 0 bridgehead atoms. The standard InChI is InChI=1S/C20H21FN6O2/c21-16-3-1-2-4-17(16)26-9-7-25(8-10-26)13-20-22-23-24-27(20)12-15-5-6-18-19(11-15)29-14-28-18/h1-6,11H,7-10,12-14H2. The second-order valence-electron chi connectivity index (χ2n) is 7.15. The zero-order valence-electron chi connectivity index (χ0n) is 15.9. The van der Waals surface area contributed by atoms with E-state index in [1.807, 2.05) is 30.3 Å². The summed E-state index contributed by atoms with van der Waals surface area (Å²) in [7, 11) is 0. The number of anilines is 1. The number of ether oxygens (including phenoxy) is 2. The molecular formula is C20H21FN6O2. The zero-order chi connectivity index (χ0) is 19.6. The third-order valence-electron chi connectivity index (χ3n) is 5.31. The van der Waals surface area contributed by atoms with E-state index in [9.17, 15) is 4.39 Å². The molecule has 5 rings (SSSR count). The number of rotatable bonds is 5. The molecular weight excluding hydrogens is 375 g/mol. The van der Waals surface area contributed by atoms with Crippen molar-refractivity contribution in [2.45, 2.75) is 13.1 Å². The van der Waals surface area contributed by atoms with E-state index in [0.29, 0.717) is 18.8 Å². The van der Waals surface area contributed by atoms with E-state index >= 15 is 0 Å². The summed E-state index contributed by atoms with van der Waals surface area (Å²) in [6.07, 6.45) is 0. The van der Waals surface area contributed by atoms with Crippen molar-refractivity contribution in [2.75, 3.05) is 37.9 Å². The van der Waals surface area contributed by atoms with Crippen LogP contribution in [0.15, 0.2) is 42.5 Å². The van der Waals surface area contributed by atoms with Gasteiger partial charge in [0.1, 0.15) is 5.82 Å². The Hall–Kier alpha value is -3.20. The second-order valence-corrected chi connectivity index (χ2v) is 7.15. The maximum Gasteiger partial charge on any atom is 0.231 e. The van der Waals surface area contributed by atoms with Gasteiger partial charge in [-0.25, -0.2) is 9.07 Å². The monoisotopic (exact) mass is 396 g/mol. The molecule has 1 fully saturated rings. The van der Waals surface area contributed by atoms with Gasteiger partial charge in [-0.15, -0.1) is 5.10 Å². The van der Waals surface area contributed by atoms with E-state index in [4.69, 9.17) is 9.47 Å². The smallest absolute Gasteiger partial charge is 0.231 e. The van der Waals surface area contributed by atoms with E-state index in [1.165, 1.54) is 6.07 Å². The summed E-state index contributed by atoms with van der Waals surface area (Å²) in [5, 5.41) is 12.2. The van der Waals surface area contributed by atoms with Crippen molar-refractivity contribution >= 4 is 5.69 Å². The number of fused-ring (bicyclic) bond motifs is 1. The van der Waals surface area contributed by atoms with Crippen LogP contribution in [0.3, 0.4) is 0 Å². The Morgan fingerprint density at radius 3 is 2.62 bits per heavy atom. The van der Waals surface area contributed by atoms with Crippen LogP contribution in [0.4, 0.5) is 10.1 Å². The van der Waals surface area contributed by atoms with Crippen LogP contribution in [-0.4, -0.2) is 58.1 Å². The maximum absolute atomic E-state index is 14.0. The topological polar surface area (TPSA) is 68.5 Å². The van der Waals surface area contributed by atoms with Crippen molar-refractivity contribution in [3.8, 4) is 11.5 Å². The predicted molar refractivity (Wildman–Crippen MR) is 103 cm³/mol. The summed E-state index contributed by atoms with van der Waals surface area (Å²) in [6.45, 7) is 4.66. The minimum absolute atomic E-state index is 0.173. The molecule has 0 amide bonds. The van der Waals surface area contributed by atoms with Crippen molar-refractivity contribution in [1.82, 2.24) is 25.1 Å². The average Bonchev–Trinajstić information content (AvgIpc) is 3.38. The number of nitrogens with zero attached hydrogens (tertiary/aromatic N) is 6. The van der Waals surface area contributed by atoms with E-state index in [-0.39, 0.29) is 12.6 Å². The minimum Gasteiger partial charge on any atom is -0.454 e. The van der Waals surface area contributed by atoms with Crippen molar-refractivity contribution in [1.29, 1.82) is 0 Å². The van der Waals surface area contributed by atoms with Crippen molar-refractivity contribution in [3.63, 3.8) is 0 Å². The number of benzene rings is 2. The quantitative estimate of drug-likeness (QED) is 0.653. The van der Waals surface area contributed by atoms with Crippen LogP contribution >= 0.6 is 0 Å². The molecule has 0 atom stereocenters. The van der Waals surface area contributed by atoms with Gasteiger partial charge in [-0.05, 0) is 40.3 Å². The van der Waals surface area contributed by atoms with E-state index in [1.54, 1.807) is 10.7 Å². The van der Waals surface area contributed by atoms with Crippen LogP contribution in [0.5, 0.6) is 11.5 Å². The highest BCUT2D eigenvalue weighted by Gasteiger charge is 2.21. The average molecular weight is 396 g/mol. The van der Waals surface area contributed by atoms with Crippen molar-refractivity contribution in [3.05, 3.63) is 59.7 Å². The Morgan fingerprint density at radius 2 is 1.76 bits per heavy atom.